The van der Waals surface area contributed by atoms with Gasteiger partial charge in [0.2, 0.25) is 0 Å². The molecule has 1 saturated heterocycles. The Labute approximate surface area is 139 Å². The predicted octanol–water partition coefficient (Wildman–Crippen LogP) is 3.03. The summed E-state index contributed by atoms with van der Waals surface area (Å²) in [5, 5.41) is 0. The second-order valence-electron chi connectivity index (χ2n) is 6.99. The van der Waals surface area contributed by atoms with Crippen LogP contribution >= 0.6 is 0 Å². The first kappa shape index (κ1) is 16.3. The highest BCUT2D eigenvalue weighted by atomic mass is 16.5. The molecule has 0 bridgehead atoms. The standard InChI is InChI=1S/C19H28N2O2/c1-15-5-3-7-17(13-15)20-9-11-21(12-10-20)19(22)16-6-4-8-18(14-16)23-2/h4,6,8,14-15,17H,3,5,7,9-13H2,1-2H3/t15-,17-/m0/s1. The molecule has 1 aromatic rings. The zero-order valence-corrected chi connectivity index (χ0v) is 14.3. The molecule has 1 aromatic carbocycles. The lowest BCUT2D eigenvalue weighted by atomic mass is 9.86. The summed E-state index contributed by atoms with van der Waals surface area (Å²) < 4.78 is 5.22. The molecular weight excluding hydrogens is 288 g/mol. The lowest BCUT2D eigenvalue weighted by molar-refractivity contribution is 0.0489. The van der Waals surface area contributed by atoms with Gasteiger partial charge in [0.1, 0.15) is 5.75 Å². The summed E-state index contributed by atoms with van der Waals surface area (Å²) in [5.74, 6) is 1.72. The van der Waals surface area contributed by atoms with Crippen molar-refractivity contribution in [2.75, 3.05) is 33.3 Å². The minimum Gasteiger partial charge on any atom is -0.497 e. The Kier molecular flexibility index (Phi) is 5.21. The summed E-state index contributed by atoms with van der Waals surface area (Å²) in [7, 11) is 1.63. The van der Waals surface area contributed by atoms with Crippen LogP contribution in [0.5, 0.6) is 5.75 Å². The van der Waals surface area contributed by atoms with Gasteiger partial charge < -0.3 is 9.64 Å². The molecule has 0 radical (unpaired) electrons. The third-order valence-electron chi connectivity index (χ3n) is 5.34. The zero-order valence-electron chi connectivity index (χ0n) is 14.3. The van der Waals surface area contributed by atoms with Gasteiger partial charge in [-0.2, -0.15) is 0 Å². The second-order valence-corrected chi connectivity index (χ2v) is 6.99. The molecule has 0 N–H and O–H groups in total. The number of piperazine rings is 1. The third-order valence-corrected chi connectivity index (χ3v) is 5.34. The Morgan fingerprint density at radius 3 is 2.65 bits per heavy atom. The van der Waals surface area contributed by atoms with Crippen LogP contribution in [0.4, 0.5) is 0 Å². The summed E-state index contributed by atoms with van der Waals surface area (Å²) in [6.45, 7) is 6.05. The van der Waals surface area contributed by atoms with Crippen molar-refractivity contribution in [3.8, 4) is 5.75 Å². The smallest absolute Gasteiger partial charge is 0.254 e. The SMILES string of the molecule is COc1cccc(C(=O)N2CCN([C@H]3CCC[C@H](C)C3)CC2)c1. The largest absolute Gasteiger partial charge is 0.497 e. The predicted molar refractivity (Wildman–Crippen MR) is 91.9 cm³/mol. The van der Waals surface area contributed by atoms with Crippen LogP contribution in [0.25, 0.3) is 0 Å². The molecule has 3 rings (SSSR count). The van der Waals surface area contributed by atoms with Gasteiger partial charge in [-0.25, -0.2) is 0 Å². The Morgan fingerprint density at radius 2 is 1.96 bits per heavy atom. The summed E-state index contributed by atoms with van der Waals surface area (Å²) in [6, 6.07) is 8.19. The molecule has 1 saturated carbocycles. The lowest BCUT2D eigenvalue weighted by Gasteiger charge is -2.42. The first-order chi connectivity index (χ1) is 11.2. The Hall–Kier alpha value is -1.55. The molecule has 2 aliphatic rings. The van der Waals surface area contributed by atoms with E-state index < -0.39 is 0 Å². The van der Waals surface area contributed by atoms with Crippen LogP contribution < -0.4 is 4.74 Å². The number of methoxy groups -OCH3 is 1. The molecule has 4 nitrogen and oxygen atoms in total. The number of benzene rings is 1. The van der Waals surface area contributed by atoms with Gasteiger partial charge in [-0.05, 0) is 37.0 Å². The molecule has 1 aliphatic heterocycles. The van der Waals surface area contributed by atoms with E-state index in [4.69, 9.17) is 4.74 Å². The van der Waals surface area contributed by atoms with E-state index in [1.54, 1.807) is 7.11 Å². The Bertz CT molecular complexity index is 538. The average molecular weight is 316 g/mol. The summed E-state index contributed by atoms with van der Waals surface area (Å²) >= 11 is 0. The van der Waals surface area contributed by atoms with E-state index in [9.17, 15) is 4.79 Å². The van der Waals surface area contributed by atoms with Crippen LogP contribution in [0, 0.1) is 5.92 Å². The van der Waals surface area contributed by atoms with Crippen molar-refractivity contribution in [2.45, 2.75) is 38.6 Å². The molecule has 126 valence electrons. The van der Waals surface area contributed by atoms with E-state index in [2.05, 4.69) is 11.8 Å². The van der Waals surface area contributed by atoms with Gasteiger partial charge in [0.25, 0.3) is 5.91 Å². The second kappa shape index (κ2) is 7.35. The molecule has 0 aromatic heterocycles. The van der Waals surface area contributed by atoms with Crippen LogP contribution in [0.1, 0.15) is 43.0 Å². The van der Waals surface area contributed by atoms with E-state index in [0.29, 0.717) is 0 Å². The van der Waals surface area contributed by atoms with E-state index in [-0.39, 0.29) is 5.91 Å². The Morgan fingerprint density at radius 1 is 1.17 bits per heavy atom. The maximum atomic E-state index is 12.7. The maximum Gasteiger partial charge on any atom is 0.254 e. The highest BCUT2D eigenvalue weighted by Gasteiger charge is 2.29. The quantitative estimate of drug-likeness (QED) is 0.859. The van der Waals surface area contributed by atoms with E-state index >= 15 is 0 Å². The first-order valence-electron chi connectivity index (χ1n) is 8.84. The fourth-order valence-electron chi connectivity index (χ4n) is 3.96. The summed E-state index contributed by atoms with van der Waals surface area (Å²) in [4.78, 5) is 17.2. The van der Waals surface area contributed by atoms with Crippen molar-refractivity contribution < 1.29 is 9.53 Å². The van der Waals surface area contributed by atoms with Gasteiger partial charge in [0, 0.05) is 37.8 Å². The normalized spacial score (nSPS) is 26.1. The molecule has 4 heteroatoms. The number of ether oxygens (including phenoxy) is 1. The van der Waals surface area contributed by atoms with Crippen LogP contribution in [0.3, 0.4) is 0 Å². The van der Waals surface area contributed by atoms with Crippen molar-refractivity contribution >= 4 is 5.91 Å². The molecule has 1 heterocycles. The maximum absolute atomic E-state index is 12.7. The number of hydrogen-bond donors (Lipinski definition) is 0. The van der Waals surface area contributed by atoms with Crippen molar-refractivity contribution in [1.82, 2.24) is 9.80 Å². The number of rotatable bonds is 3. The number of nitrogens with zero attached hydrogens (tertiary/aromatic N) is 2. The van der Waals surface area contributed by atoms with Gasteiger partial charge in [0.05, 0.1) is 7.11 Å². The van der Waals surface area contributed by atoms with Gasteiger partial charge in [-0.15, -0.1) is 0 Å². The number of hydrogen-bond acceptors (Lipinski definition) is 3. The van der Waals surface area contributed by atoms with Crippen LogP contribution in [-0.2, 0) is 0 Å². The van der Waals surface area contributed by atoms with Crippen molar-refractivity contribution in [3.63, 3.8) is 0 Å². The van der Waals surface area contributed by atoms with Gasteiger partial charge >= 0.3 is 0 Å². The monoisotopic (exact) mass is 316 g/mol. The topological polar surface area (TPSA) is 32.8 Å². The van der Waals surface area contributed by atoms with E-state index in [0.717, 1.165) is 49.5 Å². The van der Waals surface area contributed by atoms with Crippen LogP contribution in [0.2, 0.25) is 0 Å². The average Bonchev–Trinajstić information content (AvgIpc) is 2.61. The highest BCUT2D eigenvalue weighted by Crippen LogP contribution is 2.28. The van der Waals surface area contributed by atoms with Crippen molar-refractivity contribution in [2.24, 2.45) is 5.92 Å². The highest BCUT2D eigenvalue weighted by molar-refractivity contribution is 5.94. The first-order valence-corrected chi connectivity index (χ1v) is 8.84. The molecule has 0 spiro atoms. The fourth-order valence-corrected chi connectivity index (χ4v) is 3.96. The van der Waals surface area contributed by atoms with Crippen LogP contribution in [0.15, 0.2) is 24.3 Å². The minimum atomic E-state index is 0.126. The molecule has 2 atom stereocenters. The van der Waals surface area contributed by atoms with E-state index in [1.807, 2.05) is 29.2 Å². The van der Waals surface area contributed by atoms with Gasteiger partial charge in [-0.1, -0.05) is 25.8 Å². The van der Waals surface area contributed by atoms with E-state index in [1.165, 1.54) is 25.7 Å². The molecule has 0 unspecified atom stereocenters. The lowest BCUT2D eigenvalue weighted by Crippen LogP contribution is -2.52. The van der Waals surface area contributed by atoms with Gasteiger partial charge in [0.15, 0.2) is 0 Å². The molecule has 2 fully saturated rings. The minimum absolute atomic E-state index is 0.126. The molecule has 1 aliphatic carbocycles. The molecular formula is C19H28N2O2. The van der Waals surface area contributed by atoms with Crippen molar-refractivity contribution in [3.05, 3.63) is 29.8 Å². The summed E-state index contributed by atoms with van der Waals surface area (Å²) in [5.41, 5.74) is 0.726. The van der Waals surface area contributed by atoms with Crippen molar-refractivity contribution in [1.29, 1.82) is 0 Å². The Balaban J connectivity index is 1.56. The molecule has 23 heavy (non-hydrogen) atoms. The van der Waals surface area contributed by atoms with Crippen LogP contribution in [-0.4, -0.2) is 55.0 Å². The number of carbonyl (C=O) groups is 1. The molecule has 1 amide bonds. The van der Waals surface area contributed by atoms with Gasteiger partial charge in [-0.3, -0.25) is 9.69 Å². The number of carbonyl (C=O) groups excluding carboxylic acids is 1. The zero-order chi connectivity index (χ0) is 16.2. The summed E-state index contributed by atoms with van der Waals surface area (Å²) in [6.07, 6.45) is 5.39. The third kappa shape index (κ3) is 3.86. The number of amides is 1. The fraction of sp³-hybridized carbons (Fsp3) is 0.632.